The molecule has 6 nitrogen and oxygen atoms in total. The first kappa shape index (κ1) is 14.7. The average molecular weight is 312 g/mol. The predicted octanol–water partition coefficient (Wildman–Crippen LogP) is 0.957. The van der Waals surface area contributed by atoms with Gasteiger partial charge in [-0.3, -0.25) is 0 Å². The Bertz CT molecular complexity index is 613. The van der Waals surface area contributed by atoms with Gasteiger partial charge in [0.05, 0.1) is 17.6 Å². The molecule has 0 unspecified atom stereocenters. The van der Waals surface area contributed by atoms with Crippen molar-refractivity contribution < 1.29 is 17.9 Å². The minimum Gasteiger partial charge on any atom is -0.475 e. The van der Waals surface area contributed by atoms with Crippen LogP contribution in [0.5, 0.6) is 5.88 Å². The lowest BCUT2D eigenvalue weighted by Crippen LogP contribution is -2.38. The molecule has 1 aliphatic carbocycles. The molecule has 0 atom stereocenters. The van der Waals surface area contributed by atoms with Crippen molar-refractivity contribution in [2.24, 2.45) is 0 Å². The zero-order valence-electron chi connectivity index (χ0n) is 12.1. The van der Waals surface area contributed by atoms with Crippen molar-refractivity contribution >= 4 is 10.0 Å². The molecule has 0 aromatic carbocycles. The van der Waals surface area contributed by atoms with Crippen LogP contribution in [0.1, 0.15) is 24.1 Å². The van der Waals surface area contributed by atoms with Crippen molar-refractivity contribution in [1.29, 1.82) is 0 Å². The van der Waals surface area contributed by atoms with Gasteiger partial charge in [0, 0.05) is 32.7 Å². The van der Waals surface area contributed by atoms with E-state index >= 15 is 0 Å². The summed E-state index contributed by atoms with van der Waals surface area (Å²) in [5, 5.41) is -0.149. The van der Waals surface area contributed by atoms with Crippen LogP contribution >= 0.6 is 0 Å². The first-order chi connectivity index (χ1) is 10.1. The maximum atomic E-state index is 12.3. The molecule has 0 spiro atoms. The van der Waals surface area contributed by atoms with Gasteiger partial charge in [-0.15, -0.1) is 0 Å². The highest BCUT2D eigenvalue weighted by Gasteiger charge is 2.41. The standard InChI is InChI=1S/C14H20N2O4S/c1-19-8-9-20-14-5-2-11-10-16(7-6-13(11)15-14)21(17,18)12-3-4-12/h2,5,12H,3-4,6-10H2,1H3. The lowest BCUT2D eigenvalue weighted by atomic mass is 10.1. The highest BCUT2D eigenvalue weighted by Crippen LogP contribution is 2.33. The third-order valence-electron chi connectivity index (χ3n) is 3.83. The smallest absolute Gasteiger partial charge is 0.217 e. The molecule has 116 valence electrons. The molecule has 2 heterocycles. The van der Waals surface area contributed by atoms with E-state index in [1.165, 1.54) is 0 Å². The SMILES string of the molecule is COCCOc1ccc2c(n1)CCN(S(=O)(=O)C1CC1)C2. The minimum atomic E-state index is -3.10. The van der Waals surface area contributed by atoms with Gasteiger partial charge >= 0.3 is 0 Å². The number of pyridine rings is 1. The van der Waals surface area contributed by atoms with Gasteiger partial charge in [-0.1, -0.05) is 6.07 Å². The van der Waals surface area contributed by atoms with Crippen LogP contribution in [0.15, 0.2) is 12.1 Å². The molecule has 1 aromatic rings. The monoisotopic (exact) mass is 312 g/mol. The molecule has 1 aliphatic heterocycles. The zero-order chi connectivity index (χ0) is 14.9. The Kier molecular flexibility index (Phi) is 4.14. The zero-order valence-corrected chi connectivity index (χ0v) is 12.9. The Morgan fingerprint density at radius 2 is 2.14 bits per heavy atom. The van der Waals surface area contributed by atoms with Gasteiger partial charge in [0.1, 0.15) is 6.61 Å². The van der Waals surface area contributed by atoms with Gasteiger partial charge in [0.15, 0.2) is 0 Å². The van der Waals surface area contributed by atoms with E-state index in [0.29, 0.717) is 38.6 Å². The molecule has 7 heteroatoms. The van der Waals surface area contributed by atoms with E-state index in [1.54, 1.807) is 17.5 Å². The van der Waals surface area contributed by atoms with Crippen LogP contribution in [-0.4, -0.2) is 49.8 Å². The summed E-state index contributed by atoms with van der Waals surface area (Å²) in [6, 6.07) is 3.71. The van der Waals surface area contributed by atoms with Crippen molar-refractivity contribution in [3.63, 3.8) is 0 Å². The van der Waals surface area contributed by atoms with E-state index < -0.39 is 10.0 Å². The number of hydrogen-bond acceptors (Lipinski definition) is 5. The maximum Gasteiger partial charge on any atom is 0.217 e. The fraction of sp³-hybridized carbons (Fsp3) is 0.643. The molecule has 0 amide bonds. The summed E-state index contributed by atoms with van der Waals surface area (Å²) < 4.78 is 36.5. The molecule has 2 aliphatic rings. The summed E-state index contributed by atoms with van der Waals surface area (Å²) in [5.41, 5.74) is 1.91. The van der Waals surface area contributed by atoms with E-state index in [2.05, 4.69) is 4.98 Å². The summed E-state index contributed by atoms with van der Waals surface area (Å²) in [4.78, 5) is 4.46. The maximum absolute atomic E-state index is 12.3. The molecule has 21 heavy (non-hydrogen) atoms. The highest BCUT2D eigenvalue weighted by atomic mass is 32.2. The third-order valence-corrected chi connectivity index (χ3v) is 6.18. The summed E-state index contributed by atoms with van der Waals surface area (Å²) in [6.07, 6.45) is 2.25. The molecule has 1 saturated carbocycles. The quantitative estimate of drug-likeness (QED) is 0.732. The van der Waals surface area contributed by atoms with Crippen molar-refractivity contribution in [2.75, 3.05) is 26.9 Å². The molecule has 0 saturated heterocycles. The number of methoxy groups -OCH3 is 1. The van der Waals surface area contributed by atoms with Crippen LogP contribution in [0.25, 0.3) is 0 Å². The summed E-state index contributed by atoms with van der Waals surface area (Å²) in [6.45, 7) is 1.93. The summed E-state index contributed by atoms with van der Waals surface area (Å²) in [7, 11) is -1.48. The molecular weight excluding hydrogens is 292 g/mol. The Morgan fingerprint density at radius 3 is 2.86 bits per heavy atom. The number of aromatic nitrogens is 1. The van der Waals surface area contributed by atoms with Gasteiger partial charge in [0.2, 0.25) is 15.9 Å². The van der Waals surface area contributed by atoms with Crippen molar-refractivity contribution in [3.05, 3.63) is 23.4 Å². The molecular formula is C14H20N2O4S. The summed E-state index contributed by atoms with van der Waals surface area (Å²) in [5.74, 6) is 0.573. The van der Waals surface area contributed by atoms with E-state index in [1.807, 2.05) is 6.07 Å². The predicted molar refractivity (Wildman–Crippen MR) is 77.7 cm³/mol. The molecule has 0 N–H and O–H groups in total. The number of nitrogens with zero attached hydrogens (tertiary/aromatic N) is 2. The van der Waals surface area contributed by atoms with Crippen molar-refractivity contribution in [3.8, 4) is 5.88 Å². The third kappa shape index (κ3) is 3.20. The van der Waals surface area contributed by atoms with Gasteiger partial charge in [-0.05, 0) is 18.4 Å². The molecule has 1 aromatic heterocycles. The van der Waals surface area contributed by atoms with Gasteiger partial charge in [-0.25, -0.2) is 13.4 Å². The van der Waals surface area contributed by atoms with Crippen molar-refractivity contribution in [2.45, 2.75) is 31.1 Å². The van der Waals surface area contributed by atoms with Gasteiger partial charge in [0.25, 0.3) is 0 Å². The number of hydrogen-bond donors (Lipinski definition) is 0. The van der Waals surface area contributed by atoms with Crippen LogP contribution in [0, 0.1) is 0 Å². The second-order valence-electron chi connectivity index (χ2n) is 5.42. The first-order valence-corrected chi connectivity index (χ1v) is 8.71. The van der Waals surface area contributed by atoms with Gasteiger partial charge < -0.3 is 9.47 Å². The Balaban J connectivity index is 1.69. The fourth-order valence-electron chi connectivity index (χ4n) is 2.47. The van der Waals surface area contributed by atoms with Crippen LogP contribution in [0.2, 0.25) is 0 Å². The number of fused-ring (bicyclic) bond motifs is 1. The van der Waals surface area contributed by atoms with Gasteiger partial charge in [-0.2, -0.15) is 4.31 Å². The Hall–Kier alpha value is -1.18. The van der Waals surface area contributed by atoms with E-state index in [0.717, 1.165) is 24.1 Å². The molecule has 0 radical (unpaired) electrons. The fourth-order valence-corrected chi connectivity index (χ4v) is 4.29. The number of ether oxygens (including phenoxy) is 2. The Morgan fingerprint density at radius 1 is 1.33 bits per heavy atom. The first-order valence-electron chi connectivity index (χ1n) is 7.21. The topological polar surface area (TPSA) is 68.7 Å². The second kappa shape index (κ2) is 5.90. The van der Waals surface area contributed by atoms with Crippen LogP contribution in [0.4, 0.5) is 0 Å². The molecule has 3 rings (SSSR count). The second-order valence-corrected chi connectivity index (χ2v) is 7.64. The highest BCUT2D eigenvalue weighted by molar-refractivity contribution is 7.90. The lowest BCUT2D eigenvalue weighted by molar-refractivity contribution is 0.143. The number of sulfonamides is 1. The Labute approximate surface area is 125 Å². The normalized spacial score (nSPS) is 19.3. The van der Waals surface area contributed by atoms with Crippen LogP contribution in [-0.2, 0) is 27.7 Å². The molecule has 1 fully saturated rings. The van der Waals surface area contributed by atoms with Crippen molar-refractivity contribution in [1.82, 2.24) is 9.29 Å². The van der Waals surface area contributed by atoms with E-state index in [4.69, 9.17) is 9.47 Å². The molecule has 0 bridgehead atoms. The lowest BCUT2D eigenvalue weighted by Gasteiger charge is -2.27. The van der Waals surface area contributed by atoms with Crippen LogP contribution < -0.4 is 4.74 Å². The van der Waals surface area contributed by atoms with Crippen LogP contribution in [0.3, 0.4) is 0 Å². The summed E-state index contributed by atoms with van der Waals surface area (Å²) >= 11 is 0. The number of rotatable bonds is 6. The average Bonchev–Trinajstić information content (AvgIpc) is 3.32. The van der Waals surface area contributed by atoms with E-state index in [9.17, 15) is 8.42 Å². The minimum absolute atomic E-state index is 0.149. The van der Waals surface area contributed by atoms with E-state index in [-0.39, 0.29) is 5.25 Å². The largest absolute Gasteiger partial charge is 0.475 e.